The molecule has 0 N–H and O–H groups in total. The standard InChI is InChI=1S/C20H17N2O2S/c21-14-17-6-8-18(9-7-17)15-22-12-10-19(11-13-22)16-25(23,24)20-4-2-1-3-5-20/h1-13H,15-16H2/q+1. The van der Waals surface area contributed by atoms with Crippen molar-refractivity contribution < 1.29 is 13.0 Å². The summed E-state index contributed by atoms with van der Waals surface area (Å²) in [6.45, 7) is 0.664. The number of pyridine rings is 1. The minimum absolute atomic E-state index is 0.0191. The van der Waals surface area contributed by atoms with E-state index in [1.54, 1.807) is 42.5 Å². The average molecular weight is 349 g/mol. The quantitative estimate of drug-likeness (QED) is 0.666. The lowest BCUT2D eigenvalue weighted by molar-refractivity contribution is -0.688. The third-order valence-corrected chi connectivity index (χ3v) is 5.57. The van der Waals surface area contributed by atoms with E-state index in [4.69, 9.17) is 5.26 Å². The molecule has 1 aromatic heterocycles. The van der Waals surface area contributed by atoms with Crippen LogP contribution in [0.4, 0.5) is 0 Å². The molecule has 0 spiro atoms. The molecule has 25 heavy (non-hydrogen) atoms. The second kappa shape index (κ2) is 7.29. The van der Waals surface area contributed by atoms with Gasteiger partial charge in [-0.15, -0.1) is 0 Å². The second-order valence-corrected chi connectivity index (χ2v) is 7.75. The van der Waals surface area contributed by atoms with Crippen LogP contribution in [-0.4, -0.2) is 8.42 Å². The molecule has 0 unspecified atom stereocenters. The van der Waals surface area contributed by atoms with E-state index in [1.807, 2.05) is 41.2 Å². The first-order valence-corrected chi connectivity index (χ1v) is 9.47. The fourth-order valence-corrected chi connectivity index (χ4v) is 3.89. The molecule has 124 valence electrons. The number of aromatic nitrogens is 1. The lowest BCUT2D eigenvalue weighted by Gasteiger charge is -2.04. The average Bonchev–Trinajstić information content (AvgIpc) is 2.64. The molecular weight excluding hydrogens is 332 g/mol. The minimum atomic E-state index is -3.33. The highest BCUT2D eigenvalue weighted by Crippen LogP contribution is 2.15. The minimum Gasteiger partial charge on any atom is -0.223 e. The van der Waals surface area contributed by atoms with Crippen molar-refractivity contribution in [1.29, 1.82) is 5.26 Å². The molecule has 0 saturated heterocycles. The van der Waals surface area contributed by atoms with Crippen LogP contribution in [0.25, 0.3) is 0 Å². The van der Waals surface area contributed by atoms with E-state index in [-0.39, 0.29) is 5.75 Å². The van der Waals surface area contributed by atoms with E-state index in [1.165, 1.54) is 0 Å². The van der Waals surface area contributed by atoms with E-state index in [9.17, 15) is 8.42 Å². The van der Waals surface area contributed by atoms with Crippen LogP contribution in [0.15, 0.2) is 84.0 Å². The van der Waals surface area contributed by atoms with Crippen LogP contribution in [0.1, 0.15) is 16.7 Å². The third-order valence-electron chi connectivity index (χ3n) is 3.87. The first-order chi connectivity index (χ1) is 12.1. The molecule has 0 aliphatic rings. The molecule has 2 aromatic carbocycles. The first-order valence-electron chi connectivity index (χ1n) is 7.82. The molecule has 0 bridgehead atoms. The van der Waals surface area contributed by atoms with Crippen molar-refractivity contribution >= 4 is 9.84 Å². The third kappa shape index (κ3) is 4.31. The number of nitriles is 1. The topological polar surface area (TPSA) is 61.8 Å². The van der Waals surface area contributed by atoms with E-state index < -0.39 is 9.84 Å². The van der Waals surface area contributed by atoms with Crippen molar-refractivity contribution in [3.8, 4) is 6.07 Å². The zero-order valence-electron chi connectivity index (χ0n) is 13.5. The van der Waals surface area contributed by atoms with Gasteiger partial charge < -0.3 is 0 Å². The fourth-order valence-electron chi connectivity index (χ4n) is 2.52. The number of rotatable bonds is 5. The highest BCUT2D eigenvalue weighted by Gasteiger charge is 2.15. The molecule has 3 aromatic rings. The maximum Gasteiger partial charge on any atom is 0.182 e. The summed E-state index contributed by atoms with van der Waals surface area (Å²) in [7, 11) is -3.33. The Balaban J connectivity index is 1.71. The Kier molecular flexibility index (Phi) is 4.92. The highest BCUT2D eigenvalue weighted by atomic mass is 32.2. The van der Waals surface area contributed by atoms with Crippen molar-refractivity contribution in [2.24, 2.45) is 0 Å². The zero-order chi connectivity index (χ0) is 17.7. The Bertz CT molecular complexity index is 988. The molecule has 0 aliphatic heterocycles. The summed E-state index contributed by atoms with van der Waals surface area (Å²) >= 11 is 0. The van der Waals surface area contributed by atoms with E-state index in [0.29, 0.717) is 17.0 Å². The van der Waals surface area contributed by atoms with Crippen LogP contribution in [0.5, 0.6) is 0 Å². The molecule has 5 heteroatoms. The molecule has 0 saturated carbocycles. The van der Waals surface area contributed by atoms with Crippen LogP contribution in [-0.2, 0) is 22.1 Å². The number of nitrogens with zero attached hydrogens (tertiary/aromatic N) is 2. The van der Waals surface area contributed by atoms with Gasteiger partial charge in [0, 0.05) is 17.7 Å². The Labute approximate surface area is 147 Å². The van der Waals surface area contributed by atoms with Crippen LogP contribution < -0.4 is 4.57 Å². The van der Waals surface area contributed by atoms with Gasteiger partial charge >= 0.3 is 0 Å². The molecule has 4 nitrogen and oxygen atoms in total. The van der Waals surface area contributed by atoms with Crippen molar-refractivity contribution in [1.82, 2.24) is 0 Å². The van der Waals surface area contributed by atoms with Gasteiger partial charge in [0.1, 0.15) is 0 Å². The van der Waals surface area contributed by atoms with Crippen molar-refractivity contribution in [2.75, 3.05) is 0 Å². The molecule has 0 amide bonds. The maximum absolute atomic E-state index is 12.4. The van der Waals surface area contributed by atoms with Crippen LogP contribution in [0.2, 0.25) is 0 Å². The summed E-state index contributed by atoms with van der Waals surface area (Å²) in [6, 6.07) is 21.6. The van der Waals surface area contributed by atoms with Crippen molar-refractivity contribution in [3.63, 3.8) is 0 Å². The van der Waals surface area contributed by atoms with Crippen LogP contribution in [0, 0.1) is 11.3 Å². The number of sulfone groups is 1. The lowest BCUT2D eigenvalue weighted by Crippen LogP contribution is -2.33. The van der Waals surface area contributed by atoms with Gasteiger partial charge in [-0.05, 0) is 29.8 Å². The van der Waals surface area contributed by atoms with E-state index in [2.05, 4.69) is 6.07 Å². The normalized spacial score (nSPS) is 11.0. The fraction of sp³-hybridized carbons (Fsp3) is 0.100. The predicted octanol–water partition coefficient (Wildman–Crippen LogP) is 2.87. The van der Waals surface area contributed by atoms with Gasteiger partial charge in [-0.1, -0.05) is 30.3 Å². The van der Waals surface area contributed by atoms with Gasteiger partial charge in [-0.3, -0.25) is 0 Å². The summed E-state index contributed by atoms with van der Waals surface area (Å²) in [5, 5.41) is 8.82. The summed E-state index contributed by atoms with van der Waals surface area (Å²) in [5.74, 6) is -0.0191. The molecule has 3 rings (SSSR count). The van der Waals surface area contributed by atoms with Crippen LogP contribution in [0.3, 0.4) is 0 Å². The molecule has 0 aliphatic carbocycles. The maximum atomic E-state index is 12.4. The van der Waals surface area contributed by atoms with Gasteiger partial charge in [0.05, 0.1) is 22.3 Å². The second-order valence-electron chi connectivity index (χ2n) is 5.76. The Morgan fingerprint density at radius 2 is 1.48 bits per heavy atom. The number of benzene rings is 2. The summed E-state index contributed by atoms with van der Waals surface area (Å²) in [6.07, 6.45) is 3.74. The summed E-state index contributed by atoms with van der Waals surface area (Å²) in [4.78, 5) is 0.337. The lowest BCUT2D eigenvalue weighted by atomic mass is 10.1. The monoisotopic (exact) mass is 349 g/mol. The highest BCUT2D eigenvalue weighted by molar-refractivity contribution is 7.90. The molecule has 0 fully saturated rings. The molecule has 1 heterocycles. The number of hydrogen-bond acceptors (Lipinski definition) is 3. The van der Waals surface area contributed by atoms with Gasteiger partial charge in [0.25, 0.3) is 0 Å². The summed E-state index contributed by atoms with van der Waals surface area (Å²) < 4.78 is 26.8. The van der Waals surface area contributed by atoms with Crippen molar-refractivity contribution in [3.05, 3.63) is 95.8 Å². The first kappa shape index (κ1) is 16.9. The van der Waals surface area contributed by atoms with Gasteiger partial charge in [-0.2, -0.15) is 5.26 Å². The largest absolute Gasteiger partial charge is 0.223 e. The Morgan fingerprint density at radius 1 is 0.840 bits per heavy atom. The Morgan fingerprint density at radius 3 is 2.08 bits per heavy atom. The molecular formula is C20H17N2O2S+. The zero-order valence-corrected chi connectivity index (χ0v) is 14.4. The Hall–Kier alpha value is -2.97. The van der Waals surface area contributed by atoms with Gasteiger partial charge in [0.2, 0.25) is 0 Å². The van der Waals surface area contributed by atoms with E-state index >= 15 is 0 Å². The predicted molar refractivity (Wildman–Crippen MR) is 94.2 cm³/mol. The molecule has 0 radical (unpaired) electrons. The molecule has 0 atom stereocenters. The van der Waals surface area contributed by atoms with Crippen LogP contribution >= 0.6 is 0 Å². The van der Waals surface area contributed by atoms with Crippen molar-refractivity contribution in [2.45, 2.75) is 17.2 Å². The SMILES string of the molecule is N#Cc1ccc(C[n+]2ccc(CS(=O)(=O)c3ccccc3)cc2)cc1. The summed E-state index contributed by atoms with van der Waals surface area (Å²) in [5.41, 5.74) is 2.46. The van der Waals surface area contributed by atoms with Gasteiger partial charge in [-0.25, -0.2) is 13.0 Å². The smallest absolute Gasteiger partial charge is 0.182 e. The number of hydrogen-bond donors (Lipinski definition) is 0. The van der Waals surface area contributed by atoms with E-state index in [0.717, 1.165) is 11.1 Å². The van der Waals surface area contributed by atoms with Gasteiger partial charge in [0.15, 0.2) is 28.8 Å².